The van der Waals surface area contributed by atoms with Crippen molar-refractivity contribution < 1.29 is 0 Å². The van der Waals surface area contributed by atoms with Crippen LogP contribution in [0.3, 0.4) is 0 Å². The van der Waals surface area contributed by atoms with Crippen LogP contribution in [0, 0.1) is 0 Å². The van der Waals surface area contributed by atoms with Gasteiger partial charge >= 0.3 is 0 Å². The van der Waals surface area contributed by atoms with E-state index in [9.17, 15) is 0 Å². The molecule has 2 rings (SSSR count). The highest BCUT2D eigenvalue weighted by atomic mass is 32.1. The Hall–Kier alpha value is -0.600. The topological polar surface area (TPSA) is 12.0 Å². The molecule has 0 amide bonds. The third kappa shape index (κ3) is 2.55. The van der Waals surface area contributed by atoms with Crippen LogP contribution in [0.25, 0.3) is 0 Å². The molecule has 1 heterocycles. The molecule has 1 aliphatic carbocycles. The zero-order chi connectivity index (χ0) is 11.5. The lowest BCUT2D eigenvalue weighted by Crippen LogP contribution is -2.15. The highest BCUT2D eigenvalue weighted by Gasteiger charge is 2.17. The minimum Gasteiger partial charge on any atom is -0.312 e. The van der Waals surface area contributed by atoms with Gasteiger partial charge in [-0.2, -0.15) is 0 Å². The first-order chi connectivity index (χ1) is 7.70. The average Bonchev–Trinajstić information content (AvgIpc) is 2.68. The van der Waals surface area contributed by atoms with E-state index >= 15 is 0 Å². The Kier molecular flexibility index (Phi) is 3.82. The SMILES string of the molecule is C=C(C)CC(NC)c1cc2c(s1)CCCC2. The maximum Gasteiger partial charge on any atom is 0.0449 e. The lowest BCUT2D eigenvalue weighted by atomic mass is 9.98. The summed E-state index contributed by atoms with van der Waals surface area (Å²) in [5, 5.41) is 3.41. The van der Waals surface area contributed by atoms with Gasteiger partial charge in [-0.15, -0.1) is 17.9 Å². The summed E-state index contributed by atoms with van der Waals surface area (Å²) in [5.74, 6) is 0. The molecule has 0 saturated heterocycles. The number of rotatable bonds is 4. The molecule has 0 aliphatic heterocycles. The normalized spacial score (nSPS) is 16.9. The largest absolute Gasteiger partial charge is 0.312 e. The quantitative estimate of drug-likeness (QED) is 0.782. The predicted molar refractivity (Wildman–Crippen MR) is 72.2 cm³/mol. The summed E-state index contributed by atoms with van der Waals surface area (Å²) in [7, 11) is 2.05. The van der Waals surface area contributed by atoms with E-state index in [1.165, 1.54) is 36.1 Å². The number of aryl methyl sites for hydroxylation is 2. The fourth-order valence-corrected chi connectivity index (χ4v) is 3.75. The van der Waals surface area contributed by atoms with Crippen molar-refractivity contribution in [1.29, 1.82) is 0 Å². The molecule has 1 atom stereocenters. The molecule has 1 unspecified atom stereocenters. The first-order valence-corrected chi connectivity index (χ1v) is 6.95. The van der Waals surface area contributed by atoms with Crippen molar-refractivity contribution in [2.45, 2.75) is 45.1 Å². The van der Waals surface area contributed by atoms with Gasteiger partial charge < -0.3 is 5.32 Å². The van der Waals surface area contributed by atoms with Crippen LogP contribution in [-0.2, 0) is 12.8 Å². The van der Waals surface area contributed by atoms with Crippen molar-refractivity contribution in [2.75, 3.05) is 7.05 Å². The number of fused-ring (bicyclic) bond motifs is 1. The monoisotopic (exact) mass is 235 g/mol. The van der Waals surface area contributed by atoms with Crippen LogP contribution in [0.4, 0.5) is 0 Å². The maximum atomic E-state index is 4.01. The Balaban J connectivity index is 2.18. The smallest absolute Gasteiger partial charge is 0.0449 e. The third-order valence-corrected chi connectivity index (χ3v) is 4.61. The van der Waals surface area contributed by atoms with E-state index in [1.807, 2.05) is 18.4 Å². The van der Waals surface area contributed by atoms with Gasteiger partial charge in [0.1, 0.15) is 0 Å². The average molecular weight is 235 g/mol. The maximum absolute atomic E-state index is 4.01. The van der Waals surface area contributed by atoms with Crippen molar-refractivity contribution >= 4 is 11.3 Å². The van der Waals surface area contributed by atoms with E-state index in [0.29, 0.717) is 6.04 Å². The molecule has 0 spiro atoms. The Morgan fingerprint density at radius 1 is 1.50 bits per heavy atom. The molecular formula is C14H21NS. The summed E-state index contributed by atoms with van der Waals surface area (Å²) in [6, 6.07) is 2.89. The van der Waals surface area contributed by atoms with Crippen LogP contribution in [-0.4, -0.2) is 7.05 Å². The summed E-state index contributed by atoms with van der Waals surface area (Å²) in [4.78, 5) is 3.13. The highest BCUT2D eigenvalue weighted by Crippen LogP contribution is 2.34. The molecule has 0 radical (unpaired) electrons. The number of thiophene rings is 1. The molecule has 0 fully saturated rings. The summed E-state index contributed by atoms with van der Waals surface area (Å²) in [6.45, 7) is 6.12. The zero-order valence-electron chi connectivity index (χ0n) is 10.3. The molecule has 2 heteroatoms. The van der Waals surface area contributed by atoms with Crippen LogP contribution in [0.15, 0.2) is 18.2 Å². The van der Waals surface area contributed by atoms with Gasteiger partial charge in [-0.05, 0) is 57.7 Å². The Morgan fingerprint density at radius 2 is 2.25 bits per heavy atom. The van der Waals surface area contributed by atoms with Crippen molar-refractivity contribution in [2.24, 2.45) is 0 Å². The van der Waals surface area contributed by atoms with Crippen LogP contribution < -0.4 is 5.32 Å². The van der Waals surface area contributed by atoms with Gasteiger partial charge in [-0.25, -0.2) is 0 Å². The second-order valence-electron chi connectivity index (χ2n) is 4.81. The summed E-state index contributed by atoms with van der Waals surface area (Å²) in [6.07, 6.45) is 6.38. The minimum absolute atomic E-state index is 0.466. The molecule has 0 aromatic carbocycles. The number of hydrogen-bond acceptors (Lipinski definition) is 2. The van der Waals surface area contributed by atoms with Gasteiger partial charge in [0.2, 0.25) is 0 Å². The first kappa shape index (κ1) is 11.9. The Bertz CT molecular complexity index is 355. The fraction of sp³-hybridized carbons (Fsp3) is 0.571. The third-order valence-electron chi connectivity index (χ3n) is 3.26. The van der Waals surface area contributed by atoms with Gasteiger partial charge in [-0.1, -0.05) is 5.57 Å². The predicted octanol–water partition coefficient (Wildman–Crippen LogP) is 3.85. The molecule has 1 nitrogen and oxygen atoms in total. The second kappa shape index (κ2) is 5.15. The number of nitrogens with one attached hydrogen (secondary N) is 1. The summed E-state index contributed by atoms with van der Waals surface area (Å²) >= 11 is 2.01. The Labute approximate surface area is 103 Å². The van der Waals surface area contributed by atoms with Gasteiger partial charge in [0.15, 0.2) is 0 Å². The minimum atomic E-state index is 0.466. The molecule has 1 N–H and O–H groups in total. The van der Waals surface area contributed by atoms with Crippen LogP contribution in [0.5, 0.6) is 0 Å². The van der Waals surface area contributed by atoms with E-state index < -0.39 is 0 Å². The van der Waals surface area contributed by atoms with E-state index in [1.54, 1.807) is 10.4 Å². The van der Waals surface area contributed by atoms with Gasteiger partial charge in [0.05, 0.1) is 0 Å². The van der Waals surface area contributed by atoms with Crippen molar-refractivity contribution in [1.82, 2.24) is 5.32 Å². The number of hydrogen-bond donors (Lipinski definition) is 1. The zero-order valence-corrected chi connectivity index (χ0v) is 11.1. The molecule has 1 aromatic heterocycles. The van der Waals surface area contributed by atoms with Crippen molar-refractivity contribution in [3.63, 3.8) is 0 Å². The molecule has 0 bridgehead atoms. The van der Waals surface area contributed by atoms with Gasteiger partial charge in [0.25, 0.3) is 0 Å². The molecule has 0 saturated carbocycles. The molecular weight excluding hydrogens is 214 g/mol. The van der Waals surface area contributed by atoms with E-state index in [-0.39, 0.29) is 0 Å². The van der Waals surface area contributed by atoms with Gasteiger partial charge in [0, 0.05) is 15.8 Å². The van der Waals surface area contributed by atoms with Crippen molar-refractivity contribution in [3.05, 3.63) is 33.5 Å². The van der Waals surface area contributed by atoms with E-state index in [4.69, 9.17) is 0 Å². The summed E-state index contributed by atoms with van der Waals surface area (Å²) < 4.78 is 0. The van der Waals surface area contributed by atoms with Crippen LogP contribution >= 0.6 is 11.3 Å². The Morgan fingerprint density at radius 3 is 2.88 bits per heavy atom. The lowest BCUT2D eigenvalue weighted by molar-refractivity contribution is 0.599. The van der Waals surface area contributed by atoms with Crippen LogP contribution in [0.2, 0.25) is 0 Å². The van der Waals surface area contributed by atoms with Crippen molar-refractivity contribution in [3.8, 4) is 0 Å². The second-order valence-corrected chi connectivity index (χ2v) is 5.98. The standard InChI is InChI=1S/C14H21NS/c1-10(2)8-12(15-3)14-9-11-6-4-5-7-13(11)16-14/h9,12,15H,1,4-8H2,2-3H3. The lowest BCUT2D eigenvalue weighted by Gasteiger charge is -2.13. The van der Waals surface area contributed by atoms with E-state index in [0.717, 1.165) is 6.42 Å². The van der Waals surface area contributed by atoms with Crippen LogP contribution in [0.1, 0.15) is 47.5 Å². The first-order valence-electron chi connectivity index (χ1n) is 6.14. The molecule has 1 aliphatic rings. The molecule has 16 heavy (non-hydrogen) atoms. The van der Waals surface area contributed by atoms with E-state index in [2.05, 4.69) is 24.9 Å². The van der Waals surface area contributed by atoms with Gasteiger partial charge in [-0.3, -0.25) is 0 Å². The highest BCUT2D eigenvalue weighted by molar-refractivity contribution is 7.12. The fourth-order valence-electron chi connectivity index (χ4n) is 2.38. The molecule has 88 valence electrons. The summed E-state index contributed by atoms with van der Waals surface area (Å²) in [5.41, 5.74) is 2.86. The molecule has 1 aromatic rings.